The summed E-state index contributed by atoms with van der Waals surface area (Å²) in [7, 11) is 3.58. The van der Waals surface area contributed by atoms with Crippen molar-refractivity contribution in [1.29, 1.82) is 0 Å². The highest BCUT2D eigenvalue weighted by Gasteiger charge is 2.05. The number of carbonyl (C=O) groups is 1. The van der Waals surface area contributed by atoms with Gasteiger partial charge in [0.25, 0.3) is 0 Å². The van der Waals surface area contributed by atoms with Crippen LogP contribution < -0.4 is 5.32 Å². The first-order valence-corrected chi connectivity index (χ1v) is 6.15. The van der Waals surface area contributed by atoms with E-state index in [9.17, 15) is 4.79 Å². The molecular formula is C14H18N4O. The molecule has 2 aromatic rings. The molecular weight excluding hydrogens is 240 g/mol. The quantitative estimate of drug-likeness (QED) is 0.872. The van der Waals surface area contributed by atoms with E-state index in [1.54, 1.807) is 19.6 Å². The molecule has 0 unspecified atom stereocenters. The summed E-state index contributed by atoms with van der Waals surface area (Å²) in [5.41, 5.74) is 2.26. The fraction of sp³-hybridized carbons (Fsp3) is 0.286. The monoisotopic (exact) mass is 258 g/mol. The molecule has 0 aliphatic rings. The van der Waals surface area contributed by atoms with Gasteiger partial charge >= 0.3 is 0 Å². The lowest BCUT2D eigenvalue weighted by atomic mass is 10.2. The number of rotatable bonds is 5. The molecule has 5 heteroatoms. The molecule has 100 valence electrons. The standard InChI is InChI=1S/C14H18N4O/c1-15-14(19)10-17(2)9-12-3-5-13(6-4-12)18-8-7-16-11-18/h3-8,11H,9-10H2,1-2H3,(H,15,19). The van der Waals surface area contributed by atoms with Crippen molar-refractivity contribution in [1.82, 2.24) is 19.8 Å². The van der Waals surface area contributed by atoms with Crippen LogP contribution in [0, 0.1) is 0 Å². The first-order chi connectivity index (χ1) is 9.19. The van der Waals surface area contributed by atoms with Crippen LogP contribution >= 0.6 is 0 Å². The van der Waals surface area contributed by atoms with Gasteiger partial charge in [-0.25, -0.2) is 4.98 Å². The summed E-state index contributed by atoms with van der Waals surface area (Å²) in [6.45, 7) is 1.15. The Morgan fingerprint density at radius 2 is 2.11 bits per heavy atom. The molecule has 0 aliphatic carbocycles. The largest absolute Gasteiger partial charge is 0.358 e. The maximum absolute atomic E-state index is 11.3. The van der Waals surface area contributed by atoms with Gasteiger partial charge in [-0.15, -0.1) is 0 Å². The van der Waals surface area contributed by atoms with Gasteiger partial charge in [-0.05, 0) is 24.7 Å². The predicted octanol–water partition coefficient (Wildman–Crippen LogP) is 1.05. The molecule has 0 bridgehead atoms. The average Bonchev–Trinajstić information content (AvgIpc) is 2.93. The van der Waals surface area contributed by atoms with Crippen molar-refractivity contribution in [2.24, 2.45) is 0 Å². The first kappa shape index (κ1) is 13.3. The van der Waals surface area contributed by atoms with E-state index in [1.165, 1.54) is 5.56 Å². The van der Waals surface area contributed by atoms with E-state index in [4.69, 9.17) is 0 Å². The molecule has 5 nitrogen and oxygen atoms in total. The van der Waals surface area contributed by atoms with Crippen LogP contribution in [0.15, 0.2) is 43.0 Å². The summed E-state index contributed by atoms with van der Waals surface area (Å²) in [4.78, 5) is 17.3. The second kappa shape index (κ2) is 6.15. The minimum Gasteiger partial charge on any atom is -0.358 e. The number of nitrogens with zero attached hydrogens (tertiary/aromatic N) is 3. The molecule has 2 rings (SSSR count). The number of hydrogen-bond donors (Lipinski definition) is 1. The molecule has 0 aliphatic heterocycles. The third-order valence-electron chi connectivity index (χ3n) is 2.88. The minimum absolute atomic E-state index is 0.0255. The molecule has 0 fully saturated rings. The summed E-state index contributed by atoms with van der Waals surface area (Å²) in [6.07, 6.45) is 5.44. The maximum atomic E-state index is 11.3. The molecule has 19 heavy (non-hydrogen) atoms. The van der Waals surface area contributed by atoms with E-state index in [-0.39, 0.29) is 5.91 Å². The van der Waals surface area contributed by atoms with Gasteiger partial charge in [0.15, 0.2) is 0 Å². The van der Waals surface area contributed by atoms with Crippen molar-refractivity contribution in [3.05, 3.63) is 48.5 Å². The van der Waals surface area contributed by atoms with Crippen molar-refractivity contribution in [3.8, 4) is 5.69 Å². The Balaban J connectivity index is 1.97. The Labute approximate surface area is 112 Å². The van der Waals surface area contributed by atoms with Gasteiger partial charge in [0.05, 0.1) is 12.9 Å². The summed E-state index contributed by atoms with van der Waals surface area (Å²) in [5.74, 6) is 0.0255. The number of imidazole rings is 1. The molecule has 1 aromatic carbocycles. The normalized spacial score (nSPS) is 10.7. The third kappa shape index (κ3) is 3.66. The fourth-order valence-corrected chi connectivity index (χ4v) is 1.88. The number of hydrogen-bond acceptors (Lipinski definition) is 3. The highest BCUT2D eigenvalue weighted by molar-refractivity contribution is 5.77. The van der Waals surface area contributed by atoms with E-state index >= 15 is 0 Å². The average molecular weight is 258 g/mol. The fourth-order valence-electron chi connectivity index (χ4n) is 1.88. The van der Waals surface area contributed by atoms with Crippen LogP contribution in [-0.4, -0.2) is 41.0 Å². The van der Waals surface area contributed by atoms with Gasteiger partial charge in [0.2, 0.25) is 5.91 Å². The van der Waals surface area contributed by atoms with Crippen molar-refractivity contribution >= 4 is 5.91 Å². The number of benzene rings is 1. The zero-order valence-corrected chi connectivity index (χ0v) is 11.2. The lowest BCUT2D eigenvalue weighted by Gasteiger charge is -2.15. The molecule has 0 spiro atoms. The number of carbonyl (C=O) groups excluding carboxylic acids is 1. The zero-order valence-electron chi connectivity index (χ0n) is 11.2. The van der Waals surface area contributed by atoms with Crippen LogP contribution in [0.4, 0.5) is 0 Å². The van der Waals surface area contributed by atoms with Crippen molar-refractivity contribution in [2.75, 3.05) is 20.6 Å². The molecule has 1 amide bonds. The highest BCUT2D eigenvalue weighted by Crippen LogP contribution is 2.10. The second-order valence-corrected chi connectivity index (χ2v) is 4.48. The van der Waals surface area contributed by atoms with Crippen LogP contribution in [0.5, 0.6) is 0 Å². The summed E-state index contributed by atoms with van der Waals surface area (Å²) in [6, 6.07) is 8.22. The van der Waals surface area contributed by atoms with Crippen LogP contribution in [0.25, 0.3) is 5.69 Å². The van der Waals surface area contributed by atoms with Crippen LogP contribution in [0.1, 0.15) is 5.56 Å². The van der Waals surface area contributed by atoms with Gasteiger partial charge in [-0.3, -0.25) is 9.69 Å². The van der Waals surface area contributed by atoms with Crippen LogP contribution in [0.2, 0.25) is 0 Å². The van der Waals surface area contributed by atoms with E-state index in [0.717, 1.165) is 12.2 Å². The molecule has 0 saturated carbocycles. The maximum Gasteiger partial charge on any atom is 0.233 e. The van der Waals surface area contributed by atoms with Crippen molar-refractivity contribution in [3.63, 3.8) is 0 Å². The topological polar surface area (TPSA) is 50.2 Å². The Hall–Kier alpha value is -2.14. The van der Waals surface area contributed by atoms with E-state index in [1.807, 2.05) is 34.8 Å². The van der Waals surface area contributed by atoms with Crippen molar-refractivity contribution < 1.29 is 4.79 Å². The number of likely N-dealkylation sites (N-methyl/N-ethyl adjacent to an activating group) is 2. The van der Waals surface area contributed by atoms with E-state index < -0.39 is 0 Å². The van der Waals surface area contributed by atoms with Crippen molar-refractivity contribution in [2.45, 2.75) is 6.54 Å². The third-order valence-corrected chi connectivity index (χ3v) is 2.88. The zero-order chi connectivity index (χ0) is 13.7. The molecule has 0 radical (unpaired) electrons. The second-order valence-electron chi connectivity index (χ2n) is 4.48. The van der Waals surface area contributed by atoms with Gasteiger partial charge in [0, 0.05) is 31.7 Å². The lowest BCUT2D eigenvalue weighted by Crippen LogP contribution is -2.32. The minimum atomic E-state index is 0.0255. The van der Waals surface area contributed by atoms with Crippen LogP contribution in [0.3, 0.4) is 0 Å². The highest BCUT2D eigenvalue weighted by atomic mass is 16.1. The Morgan fingerprint density at radius 3 is 2.68 bits per heavy atom. The molecule has 0 saturated heterocycles. The molecule has 0 atom stereocenters. The van der Waals surface area contributed by atoms with Gasteiger partial charge in [0.1, 0.15) is 0 Å². The van der Waals surface area contributed by atoms with E-state index in [2.05, 4.69) is 22.4 Å². The summed E-state index contributed by atoms with van der Waals surface area (Å²) < 4.78 is 1.96. The number of amides is 1. The molecule has 1 N–H and O–H groups in total. The molecule has 1 heterocycles. The SMILES string of the molecule is CNC(=O)CN(C)Cc1ccc(-n2ccnc2)cc1. The van der Waals surface area contributed by atoms with Gasteiger partial charge in [-0.2, -0.15) is 0 Å². The lowest BCUT2D eigenvalue weighted by molar-refractivity contribution is -0.121. The van der Waals surface area contributed by atoms with E-state index in [0.29, 0.717) is 6.54 Å². The number of aromatic nitrogens is 2. The van der Waals surface area contributed by atoms with Gasteiger partial charge < -0.3 is 9.88 Å². The summed E-state index contributed by atoms with van der Waals surface area (Å²) >= 11 is 0. The number of nitrogens with one attached hydrogen (secondary N) is 1. The predicted molar refractivity (Wildman–Crippen MR) is 74.0 cm³/mol. The van der Waals surface area contributed by atoms with Crippen LogP contribution in [-0.2, 0) is 11.3 Å². The Kier molecular flexibility index (Phi) is 4.30. The molecule has 1 aromatic heterocycles. The first-order valence-electron chi connectivity index (χ1n) is 6.15. The Bertz CT molecular complexity index is 519. The van der Waals surface area contributed by atoms with Gasteiger partial charge in [-0.1, -0.05) is 12.1 Å². The smallest absolute Gasteiger partial charge is 0.233 e. The summed E-state index contributed by atoms with van der Waals surface area (Å²) in [5, 5.41) is 2.62. The Morgan fingerprint density at radius 1 is 1.37 bits per heavy atom.